The summed E-state index contributed by atoms with van der Waals surface area (Å²) in [5.41, 5.74) is 0.383. The number of nitrogens with zero attached hydrogens (tertiary/aromatic N) is 1. The van der Waals surface area contributed by atoms with Gasteiger partial charge in [0.05, 0.1) is 5.92 Å². The molecule has 10 nitrogen and oxygen atoms in total. The van der Waals surface area contributed by atoms with Crippen molar-refractivity contribution in [2.24, 2.45) is 5.92 Å². The number of benzene rings is 1. The summed E-state index contributed by atoms with van der Waals surface area (Å²) in [5, 5.41) is 4.02. The minimum Gasteiger partial charge on any atom is -0.361 e. The van der Waals surface area contributed by atoms with Gasteiger partial charge in [-0.2, -0.15) is 4.31 Å². The number of aromatic amines is 3. The van der Waals surface area contributed by atoms with Crippen molar-refractivity contribution in [2.75, 3.05) is 19.6 Å². The van der Waals surface area contributed by atoms with E-state index in [-0.39, 0.29) is 24.7 Å². The molecule has 0 bridgehead atoms. The molecule has 32 heavy (non-hydrogen) atoms. The van der Waals surface area contributed by atoms with Crippen LogP contribution in [0.4, 0.5) is 0 Å². The van der Waals surface area contributed by atoms with E-state index in [0.717, 1.165) is 20.8 Å². The highest BCUT2D eigenvalue weighted by Gasteiger charge is 2.35. The molecule has 1 saturated heterocycles. The third-order valence-electron chi connectivity index (χ3n) is 5.80. The summed E-state index contributed by atoms with van der Waals surface area (Å²) in [7, 11) is -4.15. The first kappa shape index (κ1) is 22.0. The molecule has 1 atom stereocenters. The first-order valence-corrected chi connectivity index (χ1v) is 11.9. The Balaban J connectivity index is 1.41. The van der Waals surface area contributed by atoms with Gasteiger partial charge in [-0.25, -0.2) is 13.2 Å². The predicted molar refractivity (Wildman–Crippen MR) is 119 cm³/mol. The zero-order valence-electron chi connectivity index (χ0n) is 17.6. The molecule has 1 amide bonds. The molecule has 11 heteroatoms. The van der Waals surface area contributed by atoms with Crippen LogP contribution in [-0.4, -0.2) is 53.2 Å². The van der Waals surface area contributed by atoms with E-state index in [1.54, 1.807) is 0 Å². The lowest BCUT2D eigenvalue weighted by Gasteiger charge is -2.31. The molecular formula is C21H25N5O5S. The Kier molecular flexibility index (Phi) is 6.02. The van der Waals surface area contributed by atoms with Gasteiger partial charge in [0.25, 0.3) is 5.56 Å². The number of aromatic nitrogens is 3. The molecule has 1 aromatic carbocycles. The SMILES string of the molecule is Cc1[nH]c(=O)[nH]c(=O)c1S(=O)(=O)N1CCC[C@H](C(=O)NCCc2c[nH]c3ccccc23)C1. The van der Waals surface area contributed by atoms with Crippen molar-refractivity contribution in [1.82, 2.24) is 24.6 Å². The van der Waals surface area contributed by atoms with E-state index in [9.17, 15) is 22.8 Å². The van der Waals surface area contributed by atoms with Gasteiger partial charge in [-0.1, -0.05) is 18.2 Å². The average molecular weight is 460 g/mol. The van der Waals surface area contributed by atoms with Gasteiger partial charge >= 0.3 is 5.69 Å². The molecule has 1 aliphatic rings. The minimum atomic E-state index is -4.15. The van der Waals surface area contributed by atoms with Crippen molar-refractivity contribution in [1.29, 1.82) is 0 Å². The Morgan fingerprint density at radius 3 is 2.78 bits per heavy atom. The van der Waals surface area contributed by atoms with Gasteiger partial charge in [0.1, 0.15) is 0 Å². The molecule has 0 saturated carbocycles. The molecule has 4 rings (SSSR count). The minimum absolute atomic E-state index is 0.0146. The fourth-order valence-electron chi connectivity index (χ4n) is 4.21. The van der Waals surface area contributed by atoms with Crippen LogP contribution >= 0.6 is 0 Å². The molecule has 3 aromatic rings. The zero-order valence-corrected chi connectivity index (χ0v) is 18.4. The van der Waals surface area contributed by atoms with Gasteiger partial charge in [-0.15, -0.1) is 0 Å². The molecule has 2 aromatic heterocycles. The van der Waals surface area contributed by atoms with Gasteiger partial charge in [-0.3, -0.25) is 14.6 Å². The number of amides is 1. The number of para-hydroxylation sites is 1. The van der Waals surface area contributed by atoms with Crippen LogP contribution in [0.15, 0.2) is 44.9 Å². The lowest BCUT2D eigenvalue weighted by atomic mass is 9.99. The summed E-state index contributed by atoms with van der Waals surface area (Å²) in [5.74, 6) is -0.722. The molecule has 4 N–H and O–H groups in total. The summed E-state index contributed by atoms with van der Waals surface area (Å²) >= 11 is 0. The molecule has 0 radical (unpaired) electrons. The van der Waals surface area contributed by atoms with Gasteiger partial charge < -0.3 is 15.3 Å². The largest absolute Gasteiger partial charge is 0.361 e. The predicted octanol–water partition coefficient (Wildman–Crippen LogP) is 0.613. The number of hydrogen-bond acceptors (Lipinski definition) is 5. The van der Waals surface area contributed by atoms with Crippen LogP contribution < -0.4 is 16.6 Å². The fraction of sp³-hybridized carbons (Fsp3) is 0.381. The lowest BCUT2D eigenvalue weighted by Crippen LogP contribution is -2.47. The van der Waals surface area contributed by atoms with Crippen LogP contribution in [0, 0.1) is 12.8 Å². The highest BCUT2D eigenvalue weighted by atomic mass is 32.2. The number of carbonyl (C=O) groups is 1. The first-order chi connectivity index (χ1) is 15.3. The number of hydrogen-bond donors (Lipinski definition) is 4. The number of rotatable bonds is 6. The number of fused-ring (bicyclic) bond motifs is 1. The monoisotopic (exact) mass is 459 g/mol. The van der Waals surface area contributed by atoms with Crippen molar-refractivity contribution in [3.8, 4) is 0 Å². The highest BCUT2D eigenvalue weighted by Crippen LogP contribution is 2.23. The van der Waals surface area contributed by atoms with Crippen molar-refractivity contribution in [3.05, 3.63) is 62.6 Å². The summed E-state index contributed by atoms with van der Waals surface area (Å²) in [6.45, 7) is 1.99. The first-order valence-electron chi connectivity index (χ1n) is 10.4. The standard InChI is InChI=1S/C21H25N5O5S/c1-13-18(20(28)25-21(29)24-13)32(30,31)26-10-4-5-15(12-26)19(27)22-9-8-14-11-23-17-7-3-2-6-16(14)17/h2-3,6-7,11,15,23H,4-5,8-10,12H2,1H3,(H,22,27)(H2,24,25,28,29)/t15-/m0/s1. The van der Waals surface area contributed by atoms with Crippen molar-refractivity contribution < 1.29 is 13.2 Å². The van der Waals surface area contributed by atoms with Gasteiger partial charge in [0.15, 0.2) is 4.90 Å². The molecule has 1 aliphatic heterocycles. The molecule has 3 heterocycles. The molecular weight excluding hydrogens is 434 g/mol. The maximum atomic E-state index is 13.1. The Bertz CT molecular complexity index is 1370. The van der Waals surface area contributed by atoms with Crippen LogP contribution in [0.2, 0.25) is 0 Å². The summed E-state index contributed by atoms with van der Waals surface area (Å²) in [6, 6.07) is 7.93. The number of piperidine rings is 1. The molecule has 0 spiro atoms. The normalized spacial score (nSPS) is 17.5. The van der Waals surface area contributed by atoms with Crippen LogP contribution in [-0.2, 0) is 21.2 Å². The topological polar surface area (TPSA) is 148 Å². The molecule has 1 fully saturated rings. The third kappa shape index (κ3) is 4.26. The maximum Gasteiger partial charge on any atom is 0.325 e. The van der Waals surface area contributed by atoms with Crippen molar-refractivity contribution in [2.45, 2.75) is 31.1 Å². The number of carbonyl (C=O) groups excluding carboxylic acids is 1. The summed E-state index contributed by atoms with van der Waals surface area (Å²) in [6.07, 6.45) is 3.64. The zero-order chi connectivity index (χ0) is 22.9. The smallest absolute Gasteiger partial charge is 0.325 e. The highest BCUT2D eigenvalue weighted by molar-refractivity contribution is 7.89. The Hall–Kier alpha value is -3.18. The number of H-pyrrole nitrogens is 3. The van der Waals surface area contributed by atoms with Crippen LogP contribution in [0.25, 0.3) is 10.9 Å². The molecule has 0 aliphatic carbocycles. The van der Waals surface area contributed by atoms with E-state index in [2.05, 4.69) is 15.3 Å². The van der Waals surface area contributed by atoms with Crippen LogP contribution in [0.5, 0.6) is 0 Å². The molecule has 0 unspecified atom stereocenters. The molecule has 170 valence electrons. The number of sulfonamides is 1. The second-order valence-electron chi connectivity index (χ2n) is 7.97. The van der Waals surface area contributed by atoms with E-state index in [1.807, 2.05) is 35.4 Å². The summed E-state index contributed by atoms with van der Waals surface area (Å²) in [4.78, 5) is 43.3. The van der Waals surface area contributed by atoms with E-state index in [0.29, 0.717) is 25.8 Å². The third-order valence-corrected chi connectivity index (χ3v) is 7.82. The van der Waals surface area contributed by atoms with Crippen LogP contribution in [0.1, 0.15) is 24.1 Å². The van der Waals surface area contributed by atoms with E-state index < -0.39 is 32.1 Å². The van der Waals surface area contributed by atoms with Crippen molar-refractivity contribution >= 4 is 26.8 Å². The quantitative estimate of drug-likeness (QED) is 0.426. The van der Waals surface area contributed by atoms with Gasteiger partial charge in [-0.05, 0) is 37.8 Å². The van der Waals surface area contributed by atoms with E-state index in [4.69, 9.17) is 0 Å². The average Bonchev–Trinajstić information content (AvgIpc) is 3.16. The Morgan fingerprint density at radius 1 is 1.22 bits per heavy atom. The van der Waals surface area contributed by atoms with E-state index in [1.165, 1.54) is 6.92 Å². The number of nitrogens with one attached hydrogen (secondary N) is 4. The Morgan fingerprint density at radius 2 is 2.00 bits per heavy atom. The fourth-order valence-corrected chi connectivity index (χ4v) is 5.93. The van der Waals surface area contributed by atoms with Gasteiger partial charge in [0, 0.05) is 42.4 Å². The number of aryl methyl sites for hydroxylation is 1. The summed E-state index contributed by atoms with van der Waals surface area (Å²) < 4.78 is 27.3. The van der Waals surface area contributed by atoms with Crippen LogP contribution in [0.3, 0.4) is 0 Å². The lowest BCUT2D eigenvalue weighted by molar-refractivity contribution is -0.126. The maximum absolute atomic E-state index is 13.1. The van der Waals surface area contributed by atoms with Crippen molar-refractivity contribution in [3.63, 3.8) is 0 Å². The Labute approximate surface area is 184 Å². The van der Waals surface area contributed by atoms with E-state index >= 15 is 0 Å². The second-order valence-corrected chi connectivity index (χ2v) is 9.84. The second kappa shape index (κ2) is 8.75. The van der Waals surface area contributed by atoms with Gasteiger partial charge in [0.2, 0.25) is 15.9 Å².